The van der Waals surface area contributed by atoms with E-state index >= 15 is 0 Å². The van der Waals surface area contributed by atoms with Crippen molar-refractivity contribution in [1.29, 1.82) is 0 Å². The van der Waals surface area contributed by atoms with Crippen LogP contribution in [0.1, 0.15) is 18.7 Å². The van der Waals surface area contributed by atoms with Crippen LogP contribution in [0.3, 0.4) is 0 Å². The van der Waals surface area contributed by atoms with Crippen molar-refractivity contribution in [3.05, 3.63) is 28.8 Å². The maximum Gasteiger partial charge on any atom is 0.228 e. The average molecular weight is 323 g/mol. The third-order valence-corrected chi connectivity index (χ3v) is 3.82. The highest BCUT2D eigenvalue weighted by Gasteiger charge is 2.31. The SMILES string of the molecule is CNC(Cc1nc(-c2cncc(Br)c2)no1)C1CC1. The molecule has 2 aromatic rings. The molecule has 2 heterocycles. The highest BCUT2D eigenvalue weighted by atomic mass is 79.9. The van der Waals surface area contributed by atoms with Crippen LogP contribution in [0.2, 0.25) is 0 Å². The van der Waals surface area contributed by atoms with Gasteiger partial charge in [-0.25, -0.2) is 0 Å². The predicted molar refractivity (Wildman–Crippen MR) is 74.5 cm³/mol. The molecule has 3 rings (SSSR count). The van der Waals surface area contributed by atoms with Gasteiger partial charge in [-0.3, -0.25) is 4.98 Å². The van der Waals surface area contributed by atoms with Gasteiger partial charge in [0.05, 0.1) is 0 Å². The zero-order valence-corrected chi connectivity index (χ0v) is 12.2. The van der Waals surface area contributed by atoms with E-state index in [1.54, 1.807) is 12.4 Å². The Bertz CT molecular complexity index is 567. The Morgan fingerprint density at radius 2 is 2.32 bits per heavy atom. The maximum absolute atomic E-state index is 5.32. The minimum absolute atomic E-state index is 0.439. The largest absolute Gasteiger partial charge is 0.339 e. The van der Waals surface area contributed by atoms with Crippen molar-refractivity contribution in [3.8, 4) is 11.4 Å². The van der Waals surface area contributed by atoms with Crippen molar-refractivity contribution in [1.82, 2.24) is 20.4 Å². The Morgan fingerprint density at radius 1 is 1.47 bits per heavy atom. The van der Waals surface area contributed by atoms with Crippen LogP contribution >= 0.6 is 15.9 Å². The van der Waals surface area contributed by atoms with Crippen molar-refractivity contribution in [2.45, 2.75) is 25.3 Å². The van der Waals surface area contributed by atoms with Crippen molar-refractivity contribution in [3.63, 3.8) is 0 Å². The van der Waals surface area contributed by atoms with Crippen molar-refractivity contribution in [2.24, 2.45) is 5.92 Å². The molecule has 0 aliphatic heterocycles. The summed E-state index contributed by atoms with van der Waals surface area (Å²) < 4.78 is 6.23. The first kappa shape index (κ1) is 12.7. The predicted octanol–water partition coefficient (Wildman–Crippen LogP) is 2.43. The zero-order valence-electron chi connectivity index (χ0n) is 10.6. The number of hydrogen-bond donors (Lipinski definition) is 1. The van der Waals surface area contributed by atoms with Crippen LogP contribution in [0, 0.1) is 5.92 Å². The van der Waals surface area contributed by atoms with E-state index < -0.39 is 0 Å². The fraction of sp³-hybridized carbons (Fsp3) is 0.462. The molecule has 19 heavy (non-hydrogen) atoms. The quantitative estimate of drug-likeness (QED) is 0.916. The number of pyridine rings is 1. The summed E-state index contributed by atoms with van der Waals surface area (Å²) >= 11 is 3.39. The number of halogens is 1. The van der Waals surface area contributed by atoms with Crippen LogP contribution in [0.15, 0.2) is 27.5 Å². The Kier molecular flexibility index (Phi) is 3.61. The molecule has 0 aromatic carbocycles. The van der Waals surface area contributed by atoms with Gasteiger partial charge in [0.1, 0.15) is 0 Å². The van der Waals surface area contributed by atoms with E-state index in [1.807, 2.05) is 13.1 Å². The molecule has 2 aromatic heterocycles. The van der Waals surface area contributed by atoms with Gasteiger partial charge in [0, 0.05) is 34.9 Å². The fourth-order valence-electron chi connectivity index (χ4n) is 2.18. The number of nitrogens with one attached hydrogen (secondary N) is 1. The molecular formula is C13H15BrN4O. The summed E-state index contributed by atoms with van der Waals surface area (Å²) in [6, 6.07) is 2.37. The molecule has 0 radical (unpaired) electrons. The van der Waals surface area contributed by atoms with Gasteiger partial charge in [0.2, 0.25) is 11.7 Å². The van der Waals surface area contributed by atoms with Gasteiger partial charge in [-0.1, -0.05) is 5.16 Å². The maximum atomic E-state index is 5.32. The van der Waals surface area contributed by atoms with Crippen LogP contribution < -0.4 is 5.32 Å². The highest BCUT2D eigenvalue weighted by Crippen LogP contribution is 2.33. The van der Waals surface area contributed by atoms with Crippen LogP contribution in [0.25, 0.3) is 11.4 Å². The van der Waals surface area contributed by atoms with E-state index in [1.165, 1.54) is 12.8 Å². The number of nitrogens with zero attached hydrogens (tertiary/aromatic N) is 3. The van der Waals surface area contributed by atoms with Crippen LogP contribution in [-0.4, -0.2) is 28.2 Å². The van der Waals surface area contributed by atoms with Crippen molar-refractivity contribution < 1.29 is 4.52 Å². The Balaban J connectivity index is 1.75. The van der Waals surface area contributed by atoms with Crippen molar-refractivity contribution in [2.75, 3.05) is 7.05 Å². The first-order chi connectivity index (χ1) is 9.26. The standard InChI is InChI=1S/C13H15BrN4O/c1-15-11(8-2-3-8)5-12-17-13(18-19-12)9-4-10(14)7-16-6-9/h4,6-8,11,15H,2-3,5H2,1H3. The summed E-state index contributed by atoms with van der Waals surface area (Å²) in [5, 5.41) is 7.34. The molecule has 1 aliphatic carbocycles. The van der Waals surface area contributed by atoms with Gasteiger partial charge in [0.15, 0.2) is 0 Å². The lowest BCUT2D eigenvalue weighted by Crippen LogP contribution is -2.29. The van der Waals surface area contributed by atoms with E-state index in [-0.39, 0.29) is 0 Å². The van der Waals surface area contributed by atoms with Crippen LogP contribution in [0.5, 0.6) is 0 Å². The zero-order chi connectivity index (χ0) is 13.2. The van der Waals surface area contributed by atoms with Gasteiger partial charge >= 0.3 is 0 Å². The smallest absolute Gasteiger partial charge is 0.228 e. The molecule has 0 saturated heterocycles. The molecule has 1 saturated carbocycles. The number of likely N-dealkylation sites (N-methyl/N-ethyl adjacent to an activating group) is 1. The second kappa shape index (κ2) is 5.38. The summed E-state index contributed by atoms with van der Waals surface area (Å²) in [7, 11) is 1.98. The molecule has 1 atom stereocenters. The summed E-state index contributed by atoms with van der Waals surface area (Å²) in [4.78, 5) is 8.55. The molecule has 0 bridgehead atoms. The third-order valence-electron chi connectivity index (χ3n) is 3.39. The van der Waals surface area contributed by atoms with Crippen LogP contribution in [-0.2, 0) is 6.42 Å². The number of rotatable bonds is 5. The number of aromatic nitrogens is 3. The Hall–Kier alpha value is -1.27. The minimum Gasteiger partial charge on any atom is -0.339 e. The van der Waals surface area contributed by atoms with Crippen LogP contribution in [0.4, 0.5) is 0 Å². The fourth-order valence-corrected chi connectivity index (χ4v) is 2.55. The molecule has 0 spiro atoms. The lowest BCUT2D eigenvalue weighted by atomic mass is 10.1. The topological polar surface area (TPSA) is 63.8 Å². The van der Waals surface area contributed by atoms with Crippen molar-refractivity contribution >= 4 is 15.9 Å². The highest BCUT2D eigenvalue weighted by molar-refractivity contribution is 9.10. The van der Waals surface area contributed by atoms with Gasteiger partial charge in [-0.2, -0.15) is 4.98 Å². The monoisotopic (exact) mass is 322 g/mol. The van der Waals surface area contributed by atoms with E-state index in [9.17, 15) is 0 Å². The number of hydrogen-bond acceptors (Lipinski definition) is 5. The summed E-state index contributed by atoms with van der Waals surface area (Å²) in [5.41, 5.74) is 0.858. The summed E-state index contributed by atoms with van der Waals surface area (Å²) in [5.74, 6) is 2.03. The molecule has 100 valence electrons. The second-order valence-electron chi connectivity index (χ2n) is 4.84. The molecule has 1 unspecified atom stereocenters. The lowest BCUT2D eigenvalue weighted by molar-refractivity contribution is 0.352. The molecule has 1 aliphatic rings. The molecule has 1 fully saturated rings. The third kappa shape index (κ3) is 3.01. The molecule has 5 nitrogen and oxygen atoms in total. The Morgan fingerprint density at radius 3 is 3.00 bits per heavy atom. The van der Waals surface area contributed by atoms with E-state index in [0.29, 0.717) is 17.8 Å². The minimum atomic E-state index is 0.439. The summed E-state index contributed by atoms with van der Waals surface area (Å²) in [6.07, 6.45) is 6.84. The second-order valence-corrected chi connectivity index (χ2v) is 5.76. The first-order valence-corrected chi connectivity index (χ1v) is 7.16. The Labute approximate surface area is 119 Å². The summed E-state index contributed by atoms with van der Waals surface area (Å²) in [6.45, 7) is 0. The van der Waals surface area contributed by atoms with Gasteiger partial charge < -0.3 is 9.84 Å². The lowest BCUT2D eigenvalue weighted by Gasteiger charge is -2.11. The van der Waals surface area contributed by atoms with E-state index in [0.717, 1.165) is 22.4 Å². The van der Waals surface area contributed by atoms with Gasteiger partial charge in [-0.05, 0) is 47.8 Å². The molecule has 1 N–H and O–H groups in total. The first-order valence-electron chi connectivity index (χ1n) is 6.37. The van der Waals surface area contributed by atoms with Gasteiger partial charge in [-0.15, -0.1) is 0 Å². The van der Waals surface area contributed by atoms with E-state index in [4.69, 9.17) is 4.52 Å². The molecule has 6 heteroatoms. The molecule has 0 amide bonds. The van der Waals surface area contributed by atoms with E-state index in [2.05, 4.69) is 36.4 Å². The molecular weight excluding hydrogens is 308 g/mol. The van der Waals surface area contributed by atoms with Gasteiger partial charge in [0.25, 0.3) is 0 Å². The average Bonchev–Trinajstić information content (AvgIpc) is 3.15. The normalized spacial score (nSPS) is 16.5.